The Morgan fingerprint density at radius 3 is 2.43 bits per heavy atom. The van der Waals surface area contributed by atoms with Crippen LogP contribution in [-0.2, 0) is 10.0 Å². The van der Waals surface area contributed by atoms with E-state index in [-0.39, 0.29) is 27.8 Å². The Kier molecular flexibility index (Phi) is 5.69. The fraction of sp³-hybridized carbons (Fsp3) is 0.300. The van der Waals surface area contributed by atoms with E-state index in [4.69, 9.17) is 4.74 Å². The Morgan fingerprint density at radius 2 is 1.79 bits per heavy atom. The number of Topliss-reactive ketones (excluding diaryl/α,β-unsaturated/α-hetero) is 1. The molecule has 1 fully saturated rings. The van der Waals surface area contributed by atoms with Crippen LogP contribution in [0.3, 0.4) is 0 Å². The molecule has 2 aromatic rings. The Morgan fingerprint density at radius 1 is 1.07 bits per heavy atom. The van der Waals surface area contributed by atoms with Crippen LogP contribution in [0, 0.1) is 0 Å². The summed E-state index contributed by atoms with van der Waals surface area (Å²) in [7, 11) is -2.51. The van der Waals surface area contributed by atoms with Crippen LogP contribution in [0.15, 0.2) is 47.4 Å². The zero-order chi connectivity index (χ0) is 20.3. The predicted octanol–water partition coefficient (Wildman–Crippen LogP) is 2.93. The second-order valence-corrected chi connectivity index (χ2v) is 8.29. The lowest BCUT2D eigenvalue weighted by Crippen LogP contribution is -2.28. The number of carbonyl (C=O) groups excluding carboxylic acids is 2. The van der Waals surface area contributed by atoms with Gasteiger partial charge >= 0.3 is 0 Å². The predicted molar refractivity (Wildman–Crippen MR) is 105 cm³/mol. The van der Waals surface area contributed by atoms with Crippen LogP contribution in [0.2, 0.25) is 0 Å². The summed E-state index contributed by atoms with van der Waals surface area (Å²) in [5, 5.41) is 0. The summed E-state index contributed by atoms with van der Waals surface area (Å²) < 4.78 is 33.3. The lowest BCUT2D eigenvalue weighted by Gasteiger charge is -2.18. The van der Waals surface area contributed by atoms with Gasteiger partial charge in [-0.15, -0.1) is 0 Å². The number of likely N-dealkylation sites (tertiary alicyclic amines) is 1. The Labute approximate surface area is 164 Å². The minimum atomic E-state index is -3.95. The third-order valence-corrected chi connectivity index (χ3v) is 6.01. The third kappa shape index (κ3) is 4.17. The van der Waals surface area contributed by atoms with Gasteiger partial charge in [-0.05, 0) is 50.1 Å². The van der Waals surface area contributed by atoms with Gasteiger partial charge in [-0.25, -0.2) is 8.42 Å². The molecule has 28 heavy (non-hydrogen) atoms. The first kappa shape index (κ1) is 19.9. The van der Waals surface area contributed by atoms with E-state index in [9.17, 15) is 18.0 Å². The molecule has 3 rings (SSSR count). The molecule has 0 aromatic heterocycles. The van der Waals surface area contributed by atoms with E-state index in [1.54, 1.807) is 23.1 Å². The number of nitrogens with one attached hydrogen (secondary N) is 1. The maximum absolute atomic E-state index is 12.8. The molecule has 0 atom stereocenters. The molecule has 8 heteroatoms. The quantitative estimate of drug-likeness (QED) is 0.750. The van der Waals surface area contributed by atoms with Crippen molar-refractivity contribution in [3.8, 4) is 5.75 Å². The van der Waals surface area contributed by atoms with Crippen molar-refractivity contribution in [2.45, 2.75) is 24.7 Å². The monoisotopic (exact) mass is 402 g/mol. The van der Waals surface area contributed by atoms with Gasteiger partial charge in [0.25, 0.3) is 15.9 Å². The van der Waals surface area contributed by atoms with Crippen LogP contribution in [-0.4, -0.2) is 45.2 Å². The van der Waals surface area contributed by atoms with E-state index in [2.05, 4.69) is 4.72 Å². The standard InChI is InChI=1S/C20H22N2O5S/c1-14(23)15-6-5-7-16(12-15)21-28(25,26)17-8-9-19(27-2)18(13-17)20(24)22-10-3-4-11-22/h5-9,12-13,21H,3-4,10-11H2,1-2H3. The molecule has 1 amide bonds. The minimum absolute atomic E-state index is 0.0518. The molecule has 2 aromatic carbocycles. The number of sulfonamides is 1. The van der Waals surface area contributed by atoms with Crippen molar-refractivity contribution in [3.05, 3.63) is 53.6 Å². The van der Waals surface area contributed by atoms with E-state index < -0.39 is 10.0 Å². The van der Waals surface area contributed by atoms with Crippen LogP contribution >= 0.6 is 0 Å². The van der Waals surface area contributed by atoms with Gasteiger partial charge < -0.3 is 9.64 Å². The molecule has 1 heterocycles. The highest BCUT2D eigenvalue weighted by atomic mass is 32.2. The molecule has 7 nitrogen and oxygen atoms in total. The highest BCUT2D eigenvalue weighted by Gasteiger charge is 2.25. The molecule has 0 spiro atoms. The molecule has 148 valence electrons. The molecule has 1 N–H and O–H groups in total. The second kappa shape index (κ2) is 8.02. The largest absolute Gasteiger partial charge is 0.496 e. The molecule has 0 unspecified atom stereocenters. The van der Waals surface area contributed by atoms with Crippen molar-refractivity contribution < 1.29 is 22.7 Å². The molecule has 0 radical (unpaired) electrons. The lowest BCUT2D eigenvalue weighted by atomic mass is 10.1. The van der Waals surface area contributed by atoms with Gasteiger partial charge in [0.2, 0.25) is 0 Å². The van der Waals surface area contributed by atoms with Gasteiger partial charge in [-0.1, -0.05) is 12.1 Å². The summed E-state index contributed by atoms with van der Waals surface area (Å²) in [5.74, 6) is -0.0802. The lowest BCUT2D eigenvalue weighted by molar-refractivity contribution is 0.0789. The van der Waals surface area contributed by atoms with Crippen LogP contribution in [0.25, 0.3) is 0 Å². The number of ether oxygens (including phenoxy) is 1. The Balaban J connectivity index is 1.93. The maximum Gasteiger partial charge on any atom is 0.261 e. The van der Waals surface area contributed by atoms with Crippen molar-refractivity contribution >= 4 is 27.4 Å². The van der Waals surface area contributed by atoms with Gasteiger partial charge in [-0.3, -0.25) is 14.3 Å². The molecule has 1 aliphatic rings. The first-order valence-corrected chi connectivity index (χ1v) is 10.4. The minimum Gasteiger partial charge on any atom is -0.496 e. The van der Waals surface area contributed by atoms with E-state index in [0.29, 0.717) is 24.4 Å². The van der Waals surface area contributed by atoms with Crippen molar-refractivity contribution in [1.29, 1.82) is 0 Å². The van der Waals surface area contributed by atoms with Crippen LogP contribution in [0.5, 0.6) is 5.75 Å². The van der Waals surface area contributed by atoms with Crippen molar-refractivity contribution in [2.75, 3.05) is 24.9 Å². The zero-order valence-corrected chi connectivity index (χ0v) is 16.6. The van der Waals surface area contributed by atoms with Crippen LogP contribution in [0.1, 0.15) is 40.5 Å². The molecular weight excluding hydrogens is 380 g/mol. The van der Waals surface area contributed by atoms with Gasteiger partial charge in [0.1, 0.15) is 5.75 Å². The summed E-state index contributed by atoms with van der Waals surface area (Å²) in [6.45, 7) is 2.71. The zero-order valence-electron chi connectivity index (χ0n) is 15.8. The van der Waals surface area contributed by atoms with Crippen LogP contribution in [0.4, 0.5) is 5.69 Å². The smallest absolute Gasteiger partial charge is 0.261 e. The molecule has 1 saturated heterocycles. The average Bonchev–Trinajstić information content (AvgIpc) is 3.21. The number of anilines is 1. The van der Waals surface area contributed by atoms with Crippen molar-refractivity contribution in [2.24, 2.45) is 0 Å². The molecular formula is C20H22N2O5S. The van der Waals surface area contributed by atoms with Crippen molar-refractivity contribution in [1.82, 2.24) is 4.90 Å². The van der Waals surface area contributed by atoms with Crippen molar-refractivity contribution in [3.63, 3.8) is 0 Å². The van der Waals surface area contributed by atoms with E-state index >= 15 is 0 Å². The number of rotatable bonds is 6. The summed E-state index contributed by atoms with van der Waals surface area (Å²) >= 11 is 0. The maximum atomic E-state index is 12.8. The van der Waals surface area contributed by atoms with Gasteiger partial charge in [0, 0.05) is 24.3 Å². The number of nitrogens with zero attached hydrogens (tertiary/aromatic N) is 1. The number of ketones is 1. The summed E-state index contributed by atoms with van der Waals surface area (Å²) in [6, 6.07) is 10.4. The number of hydrogen-bond acceptors (Lipinski definition) is 5. The first-order chi connectivity index (χ1) is 13.3. The average molecular weight is 402 g/mol. The third-order valence-electron chi connectivity index (χ3n) is 4.63. The summed E-state index contributed by atoms with van der Waals surface area (Å²) in [5.41, 5.74) is 0.889. The highest BCUT2D eigenvalue weighted by molar-refractivity contribution is 7.92. The van der Waals surface area contributed by atoms with E-state index in [1.807, 2.05) is 0 Å². The number of amides is 1. The van der Waals surface area contributed by atoms with E-state index in [0.717, 1.165) is 12.8 Å². The SMILES string of the molecule is COc1ccc(S(=O)(=O)Nc2cccc(C(C)=O)c2)cc1C(=O)N1CCCC1. The molecule has 0 aliphatic carbocycles. The number of methoxy groups -OCH3 is 1. The Hall–Kier alpha value is -2.87. The van der Waals surface area contributed by atoms with Gasteiger partial charge in [0.15, 0.2) is 5.78 Å². The topological polar surface area (TPSA) is 92.8 Å². The number of carbonyl (C=O) groups is 2. The summed E-state index contributed by atoms with van der Waals surface area (Å²) in [4.78, 5) is 25.9. The normalized spacial score (nSPS) is 14.0. The second-order valence-electron chi connectivity index (χ2n) is 6.60. The highest BCUT2D eigenvalue weighted by Crippen LogP contribution is 2.26. The number of hydrogen-bond donors (Lipinski definition) is 1. The number of benzene rings is 2. The fourth-order valence-corrected chi connectivity index (χ4v) is 4.20. The molecule has 0 bridgehead atoms. The first-order valence-electron chi connectivity index (χ1n) is 8.93. The fourth-order valence-electron chi connectivity index (χ4n) is 3.13. The Bertz CT molecular complexity index is 1010. The van der Waals surface area contributed by atoms with Crippen LogP contribution < -0.4 is 9.46 Å². The molecule has 1 aliphatic heterocycles. The van der Waals surface area contributed by atoms with Gasteiger partial charge in [-0.2, -0.15) is 0 Å². The van der Waals surface area contributed by atoms with E-state index in [1.165, 1.54) is 38.3 Å². The molecule has 0 saturated carbocycles. The summed E-state index contributed by atoms with van der Waals surface area (Å²) in [6.07, 6.45) is 1.86. The van der Waals surface area contributed by atoms with Gasteiger partial charge in [0.05, 0.1) is 17.6 Å².